The van der Waals surface area contributed by atoms with Crippen molar-refractivity contribution in [1.29, 1.82) is 5.53 Å². The number of ether oxygens (including phenoxy) is 2. The molecular formula is C25H31N5O5. The van der Waals surface area contributed by atoms with Crippen molar-refractivity contribution in [1.82, 2.24) is 4.90 Å². The molecule has 0 atom stereocenters. The lowest BCUT2D eigenvalue weighted by atomic mass is 10.1. The molecule has 0 bridgehead atoms. The van der Waals surface area contributed by atoms with Crippen LogP contribution in [0.5, 0.6) is 23.0 Å². The largest absolute Gasteiger partial charge is 0.594 e. The summed E-state index contributed by atoms with van der Waals surface area (Å²) in [4.78, 5) is 4.49. The van der Waals surface area contributed by atoms with Crippen molar-refractivity contribution < 1.29 is 24.5 Å². The lowest BCUT2D eigenvalue weighted by Crippen LogP contribution is -2.47. The number of rotatable bonds is 9. The third-order valence-electron chi connectivity index (χ3n) is 6.39. The Bertz CT molecular complexity index is 1210. The van der Waals surface area contributed by atoms with Gasteiger partial charge in [0.15, 0.2) is 11.4 Å². The van der Waals surface area contributed by atoms with Crippen molar-refractivity contribution in [3.63, 3.8) is 0 Å². The monoisotopic (exact) mass is 481 g/mol. The van der Waals surface area contributed by atoms with E-state index in [0.717, 1.165) is 56.3 Å². The second kappa shape index (κ2) is 10.6. The van der Waals surface area contributed by atoms with Crippen LogP contribution < -0.4 is 19.7 Å². The number of hydrogen-bond acceptors (Lipinski definition) is 9. The van der Waals surface area contributed by atoms with Crippen LogP contribution in [0.4, 0.5) is 17.1 Å². The number of anilines is 2. The van der Waals surface area contributed by atoms with E-state index < -0.39 is 0 Å². The van der Waals surface area contributed by atoms with E-state index in [4.69, 9.17) is 15.0 Å². The number of aromatic hydroxyl groups is 2. The third kappa shape index (κ3) is 4.97. The van der Waals surface area contributed by atoms with Gasteiger partial charge >= 0.3 is 5.69 Å². The van der Waals surface area contributed by atoms with Gasteiger partial charge in [0.25, 0.3) is 0 Å². The summed E-state index contributed by atoms with van der Waals surface area (Å²) in [6, 6.07) is 12.5. The summed E-state index contributed by atoms with van der Waals surface area (Å²) in [5.74, 6) is 1.08. The molecule has 4 N–H and O–H groups in total. The standard InChI is InChI=1S/C25H31N5O5/c1-34-17-8-9-20(21(16-17)35-2)29-14-12-28(13-15-29)11-5-10-27-22-23(30(26)33)25(32)19-7-4-3-6-18(19)24(22)31/h3-4,6-9,16,26-27,31-32H,5,10-15H2,1-2H3. The minimum Gasteiger partial charge on any atom is -0.594 e. The maximum absolute atomic E-state index is 11.8. The Labute approximate surface area is 204 Å². The fourth-order valence-corrected chi connectivity index (χ4v) is 4.53. The quantitative estimate of drug-likeness (QED) is 0.0900. The van der Waals surface area contributed by atoms with Crippen molar-refractivity contribution in [3.05, 3.63) is 47.7 Å². The lowest BCUT2D eigenvalue weighted by molar-refractivity contribution is -0.465. The molecule has 4 rings (SSSR count). The van der Waals surface area contributed by atoms with Crippen LogP contribution in [0.25, 0.3) is 10.8 Å². The molecular weight excluding hydrogens is 450 g/mol. The Kier molecular flexibility index (Phi) is 7.31. The molecule has 186 valence electrons. The van der Waals surface area contributed by atoms with E-state index in [1.165, 1.54) is 0 Å². The highest BCUT2D eigenvalue weighted by Gasteiger charge is 2.26. The SMILES string of the molecule is COc1ccc(N2CCN(CCCNc3c([N+](=N)[O-])c(O)c4ccccc4c3O)CC2)c(OC)c1. The number of nitrogens with one attached hydrogen (secondary N) is 2. The average Bonchev–Trinajstić information content (AvgIpc) is 2.89. The van der Waals surface area contributed by atoms with Crippen LogP contribution in [-0.4, -0.2) is 73.5 Å². The fourth-order valence-electron chi connectivity index (χ4n) is 4.53. The minimum atomic E-state index is -0.323. The molecule has 0 aliphatic carbocycles. The van der Waals surface area contributed by atoms with Gasteiger partial charge in [-0.25, -0.2) is 0 Å². The van der Waals surface area contributed by atoms with E-state index in [0.29, 0.717) is 17.3 Å². The second-order valence-electron chi connectivity index (χ2n) is 8.41. The predicted molar refractivity (Wildman–Crippen MR) is 135 cm³/mol. The lowest BCUT2D eigenvalue weighted by Gasteiger charge is -2.36. The van der Waals surface area contributed by atoms with Gasteiger partial charge in [-0.3, -0.25) is 4.90 Å². The first kappa shape index (κ1) is 24.2. The molecule has 3 aromatic carbocycles. The molecule has 1 aliphatic heterocycles. The summed E-state index contributed by atoms with van der Waals surface area (Å²) in [7, 11) is 3.30. The van der Waals surface area contributed by atoms with Gasteiger partial charge in [-0.2, -0.15) is 0 Å². The maximum Gasteiger partial charge on any atom is 0.312 e. The second-order valence-corrected chi connectivity index (χ2v) is 8.41. The molecule has 3 aromatic rings. The Morgan fingerprint density at radius 3 is 2.31 bits per heavy atom. The summed E-state index contributed by atoms with van der Waals surface area (Å²) in [6.07, 6.45) is 0.759. The summed E-state index contributed by atoms with van der Waals surface area (Å²) in [5, 5.41) is 36.9. The van der Waals surface area contributed by atoms with Crippen LogP contribution in [0.2, 0.25) is 0 Å². The molecule has 1 aliphatic rings. The summed E-state index contributed by atoms with van der Waals surface area (Å²) < 4.78 is 10.8. The zero-order valence-corrected chi connectivity index (χ0v) is 20.0. The summed E-state index contributed by atoms with van der Waals surface area (Å²) >= 11 is 0. The highest BCUT2D eigenvalue weighted by Crippen LogP contribution is 2.47. The number of benzene rings is 3. The van der Waals surface area contributed by atoms with E-state index in [9.17, 15) is 15.4 Å². The van der Waals surface area contributed by atoms with Gasteiger partial charge in [0, 0.05) is 49.6 Å². The molecule has 1 saturated heterocycles. The van der Waals surface area contributed by atoms with Gasteiger partial charge in [-0.15, -0.1) is 0 Å². The molecule has 1 fully saturated rings. The first-order valence-corrected chi connectivity index (χ1v) is 11.5. The average molecular weight is 482 g/mol. The molecule has 0 radical (unpaired) electrons. The Morgan fingerprint density at radius 2 is 1.69 bits per heavy atom. The molecule has 0 saturated carbocycles. The van der Waals surface area contributed by atoms with Crippen LogP contribution in [0.15, 0.2) is 42.5 Å². The van der Waals surface area contributed by atoms with Gasteiger partial charge in [0.1, 0.15) is 11.5 Å². The molecule has 0 amide bonds. The van der Waals surface area contributed by atoms with Crippen LogP contribution in [0, 0.1) is 10.7 Å². The molecule has 35 heavy (non-hydrogen) atoms. The van der Waals surface area contributed by atoms with Crippen molar-refractivity contribution >= 4 is 27.8 Å². The highest BCUT2D eigenvalue weighted by atomic mass is 16.5. The molecule has 0 spiro atoms. The number of methoxy groups -OCH3 is 2. The van der Waals surface area contributed by atoms with Crippen LogP contribution in [0.1, 0.15) is 6.42 Å². The van der Waals surface area contributed by atoms with E-state index in [-0.39, 0.29) is 27.7 Å². The number of fused-ring (bicyclic) bond motifs is 1. The zero-order valence-electron chi connectivity index (χ0n) is 20.0. The molecule has 10 nitrogen and oxygen atoms in total. The van der Waals surface area contributed by atoms with E-state index in [2.05, 4.69) is 15.1 Å². The molecule has 0 unspecified atom stereocenters. The Hall–Kier alpha value is -3.92. The third-order valence-corrected chi connectivity index (χ3v) is 6.39. The first-order valence-electron chi connectivity index (χ1n) is 11.5. The Morgan fingerprint density at radius 1 is 1.00 bits per heavy atom. The number of hydrogen-bond donors (Lipinski definition) is 4. The first-order chi connectivity index (χ1) is 16.9. The number of phenolic OH excluding ortho intramolecular Hbond substituents is 2. The van der Waals surface area contributed by atoms with E-state index >= 15 is 0 Å². The fraction of sp³-hybridized carbons (Fsp3) is 0.360. The van der Waals surface area contributed by atoms with Crippen molar-refractivity contribution in [2.45, 2.75) is 6.42 Å². The van der Waals surface area contributed by atoms with Crippen molar-refractivity contribution in [3.8, 4) is 23.0 Å². The number of phenols is 2. The van der Waals surface area contributed by atoms with Crippen molar-refractivity contribution in [2.24, 2.45) is 0 Å². The van der Waals surface area contributed by atoms with E-state index in [1.807, 2.05) is 18.2 Å². The summed E-state index contributed by atoms with van der Waals surface area (Å²) in [6.45, 7) is 4.82. The van der Waals surface area contributed by atoms with Gasteiger partial charge in [0.05, 0.1) is 19.9 Å². The maximum atomic E-state index is 11.8. The van der Waals surface area contributed by atoms with Gasteiger partial charge < -0.3 is 35.1 Å². The van der Waals surface area contributed by atoms with Gasteiger partial charge in [-0.05, 0) is 30.6 Å². The minimum absolute atomic E-state index is 0.0719. The van der Waals surface area contributed by atoms with Crippen LogP contribution >= 0.6 is 0 Å². The van der Waals surface area contributed by atoms with Gasteiger partial charge in [-0.1, -0.05) is 29.1 Å². The van der Waals surface area contributed by atoms with Gasteiger partial charge in [0.2, 0.25) is 5.75 Å². The molecule has 0 aromatic heterocycles. The molecule has 10 heteroatoms. The smallest absolute Gasteiger partial charge is 0.312 e. The number of piperazine rings is 1. The normalized spacial score (nSPS) is 14.2. The topological polar surface area (TPSA) is 127 Å². The predicted octanol–water partition coefficient (Wildman–Crippen LogP) is 4.07. The summed E-state index contributed by atoms with van der Waals surface area (Å²) in [5.41, 5.74) is 8.32. The molecule has 1 heterocycles. The zero-order chi connectivity index (χ0) is 24.9. The van der Waals surface area contributed by atoms with Crippen LogP contribution in [0.3, 0.4) is 0 Å². The number of nitrogens with zero attached hydrogens (tertiary/aromatic N) is 3. The van der Waals surface area contributed by atoms with E-state index in [1.54, 1.807) is 38.5 Å². The van der Waals surface area contributed by atoms with Crippen molar-refractivity contribution in [2.75, 3.05) is 63.7 Å². The highest BCUT2D eigenvalue weighted by molar-refractivity contribution is 6.02. The van der Waals surface area contributed by atoms with Crippen LogP contribution in [-0.2, 0) is 0 Å². The Balaban J connectivity index is 1.34.